The van der Waals surface area contributed by atoms with Gasteiger partial charge in [-0.2, -0.15) is 0 Å². The largest absolute Gasteiger partial charge is 0.333 e. The fourth-order valence-electron chi connectivity index (χ4n) is 2.63. The molecule has 1 aliphatic heterocycles. The second-order valence-electron chi connectivity index (χ2n) is 5.04. The topological polar surface area (TPSA) is 71.2 Å². The van der Waals surface area contributed by atoms with Gasteiger partial charge in [-0.05, 0) is 39.2 Å². The Labute approximate surface area is 118 Å². The number of hydrazine groups is 1. The number of anilines is 1. The van der Waals surface area contributed by atoms with Crippen LogP contribution in [0.3, 0.4) is 0 Å². The Morgan fingerprint density at radius 2 is 2.11 bits per heavy atom. The average Bonchev–Trinajstić information content (AvgIpc) is 2.38. The Morgan fingerprint density at radius 3 is 2.63 bits per heavy atom. The van der Waals surface area contributed by atoms with Crippen LogP contribution in [0.25, 0.3) is 0 Å². The Hall–Kier alpha value is -1.33. The van der Waals surface area contributed by atoms with Crippen LogP contribution in [-0.4, -0.2) is 27.9 Å². The van der Waals surface area contributed by atoms with Gasteiger partial charge < -0.3 is 10.3 Å². The highest BCUT2D eigenvalue weighted by atomic mass is 35.5. The standard InChI is InChI=1S/C13H19ClN4O/c1-8-4-3-5-9(2)18(8)13(19)10-6-11(14)12(17-15)16-7-10/h6-9H,3-5,15H2,1-2H3,(H,16,17)/t8-,9+. The lowest BCUT2D eigenvalue weighted by atomic mass is 9.96. The Kier molecular flexibility index (Phi) is 4.27. The van der Waals surface area contributed by atoms with Gasteiger partial charge in [-0.15, -0.1) is 0 Å². The molecule has 104 valence electrons. The number of pyridine rings is 1. The van der Waals surface area contributed by atoms with E-state index in [1.807, 2.05) is 4.90 Å². The summed E-state index contributed by atoms with van der Waals surface area (Å²) in [7, 11) is 0. The number of piperidine rings is 1. The second kappa shape index (κ2) is 5.75. The van der Waals surface area contributed by atoms with E-state index in [9.17, 15) is 4.79 Å². The molecule has 2 atom stereocenters. The Bertz CT molecular complexity index is 470. The molecule has 2 rings (SSSR count). The molecule has 1 saturated heterocycles. The highest BCUT2D eigenvalue weighted by Crippen LogP contribution is 2.26. The molecule has 1 amide bonds. The average molecular weight is 283 g/mol. The van der Waals surface area contributed by atoms with Gasteiger partial charge in [0, 0.05) is 18.3 Å². The number of hydrogen-bond acceptors (Lipinski definition) is 4. The number of rotatable bonds is 2. The van der Waals surface area contributed by atoms with E-state index in [1.165, 1.54) is 12.6 Å². The fraction of sp³-hybridized carbons (Fsp3) is 0.538. The van der Waals surface area contributed by atoms with Crippen molar-refractivity contribution in [1.82, 2.24) is 9.88 Å². The van der Waals surface area contributed by atoms with Crippen molar-refractivity contribution in [2.24, 2.45) is 5.84 Å². The van der Waals surface area contributed by atoms with Crippen LogP contribution in [0.2, 0.25) is 5.02 Å². The van der Waals surface area contributed by atoms with Gasteiger partial charge in [0.05, 0.1) is 10.6 Å². The van der Waals surface area contributed by atoms with Crippen LogP contribution in [0.5, 0.6) is 0 Å². The smallest absolute Gasteiger partial charge is 0.255 e. The van der Waals surface area contributed by atoms with E-state index in [4.69, 9.17) is 17.4 Å². The summed E-state index contributed by atoms with van der Waals surface area (Å²) >= 11 is 6.01. The highest BCUT2D eigenvalue weighted by Gasteiger charge is 2.29. The van der Waals surface area contributed by atoms with Crippen LogP contribution in [0.4, 0.5) is 5.82 Å². The molecular weight excluding hydrogens is 264 g/mol. The lowest BCUT2D eigenvalue weighted by Crippen LogP contribution is -2.47. The number of hydrogen-bond donors (Lipinski definition) is 2. The third-order valence-corrected chi connectivity index (χ3v) is 3.94. The molecule has 1 aromatic rings. The second-order valence-corrected chi connectivity index (χ2v) is 5.45. The summed E-state index contributed by atoms with van der Waals surface area (Å²) in [5, 5.41) is 0.352. The minimum absolute atomic E-state index is 0.0160. The lowest BCUT2D eigenvalue weighted by Gasteiger charge is -2.39. The number of carbonyl (C=O) groups is 1. The minimum Gasteiger partial charge on any atom is -0.333 e. The van der Waals surface area contributed by atoms with Crippen molar-refractivity contribution in [3.63, 3.8) is 0 Å². The normalized spacial score (nSPS) is 23.3. The van der Waals surface area contributed by atoms with Crippen LogP contribution >= 0.6 is 11.6 Å². The van der Waals surface area contributed by atoms with Gasteiger partial charge in [-0.25, -0.2) is 10.8 Å². The fourth-order valence-corrected chi connectivity index (χ4v) is 2.85. The summed E-state index contributed by atoms with van der Waals surface area (Å²) in [5.74, 6) is 5.63. The molecule has 1 fully saturated rings. The Morgan fingerprint density at radius 1 is 1.47 bits per heavy atom. The lowest BCUT2D eigenvalue weighted by molar-refractivity contribution is 0.0510. The molecule has 5 nitrogen and oxygen atoms in total. The number of nitrogens with two attached hydrogens (primary N) is 1. The molecular formula is C13H19ClN4O. The first-order valence-electron chi connectivity index (χ1n) is 6.49. The van der Waals surface area contributed by atoms with Gasteiger partial charge in [0.1, 0.15) is 0 Å². The highest BCUT2D eigenvalue weighted by molar-refractivity contribution is 6.33. The van der Waals surface area contributed by atoms with Crippen molar-refractivity contribution in [3.05, 3.63) is 22.8 Å². The first kappa shape index (κ1) is 14.1. The van der Waals surface area contributed by atoms with Crippen molar-refractivity contribution in [1.29, 1.82) is 0 Å². The van der Waals surface area contributed by atoms with Crippen molar-refractivity contribution in [2.45, 2.75) is 45.2 Å². The van der Waals surface area contributed by atoms with Gasteiger partial charge >= 0.3 is 0 Å². The molecule has 1 aromatic heterocycles. The zero-order valence-corrected chi connectivity index (χ0v) is 11.9. The molecule has 1 aliphatic rings. The van der Waals surface area contributed by atoms with Crippen LogP contribution in [-0.2, 0) is 0 Å². The summed E-state index contributed by atoms with van der Waals surface area (Å²) in [4.78, 5) is 18.5. The van der Waals surface area contributed by atoms with E-state index in [0.717, 1.165) is 12.8 Å². The molecule has 0 aliphatic carbocycles. The number of amides is 1. The van der Waals surface area contributed by atoms with Crippen molar-refractivity contribution < 1.29 is 4.79 Å². The monoisotopic (exact) mass is 282 g/mol. The van der Waals surface area contributed by atoms with E-state index >= 15 is 0 Å². The number of likely N-dealkylation sites (tertiary alicyclic amines) is 1. The minimum atomic E-state index is -0.0160. The molecule has 0 bridgehead atoms. The number of nitrogen functional groups attached to an aromatic ring is 1. The molecule has 0 saturated carbocycles. The van der Waals surface area contributed by atoms with E-state index < -0.39 is 0 Å². The molecule has 0 aromatic carbocycles. The van der Waals surface area contributed by atoms with Gasteiger partial charge in [-0.3, -0.25) is 4.79 Å². The number of carbonyl (C=O) groups excluding carboxylic acids is 1. The van der Waals surface area contributed by atoms with E-state index in [0.29, 0.717) is 16.4 Å². The molecule has 6 heteroatoms. The van der Waals surface area contributed by atoms with Crippen LogP contribution < -0.4 is 11.3 Å². The SMILES string of the molecule is C[C@@H]1CCC[C@H](C)N1C(=O)c1cnc(NN)c(Cl)c1. The van der Waals surface area contributed by atoms with Crippen molar-refractivity contribution in [3.8, 4) is 0 Å². The quantitative estimate of drug-likeness (QED) is 0.645. The van der Waals surface area contributed by atoms with Gasteiger partial charge in [0.2, 0.25) is 0 Å². The summed E-state index contributed by atoms with van der Waals surface area (Å²) in [6, 6.07) is 2.12. The number of nitrogens with zero attached hydrogens (tertiary/aromatic N) is 2. The van der Waals surface area contributed by atoms with E-state index in [-0.39, 0.29) is 18.0 Å². The van der Waals surface area contributed by atoms with E-state index in [2.05, 4.69) is 24.3 Å². The number of halogens is 1. The number of aromatic nitrogens is 1. The Balaban J connectivity index is 2.25. The van der Waals surface area contributed by atoms with E-state index in [1.54, 1.807) is 6.07 Å². The first-order valence-corrected chi connectivity index (χ1v) is 6.87. The van der Waals surface area contributed by atoms with Crippen molar-refractivity contribution >= 4 is 23.3 Å². The molecule has 0 radical (unpaired) electrons. The van der Waals surface area contributed by atoms with Crippen molar-refractivity contribution in [2.75, 3.05) is 5.43 Å². The zero-order chi connectivity index (χ0) is 14.0. The maximum Gasteiger partial charge on any atom is 0.255 e. The molecule has 0 spiro atoms. The maximum absolute atomic E-state index is 12.5. The molecule has 0 unspecified atom stereocenters. The van der Waals surface area contributed by atoms with Gasteiger partial charge in [-0.1, -0.05) is 11.6 Å². The summed E-state index contributed by atoms with van der Waals surface area (Å²) < 4.78 is 0. The maximum atomic E-state index is 12.5. The molecule has 3 N–H and O–H groups in total. The third-order valence-electron chi connectivity index (χ3n) is 3.65. The van der Waals surface area contributed by atoms with Crippen LogP contribution in [0.15, 0.2) is 12.3 Å². The summed E-state index contributed by atoms with van der Waals surface area (Å²) in [6.07, 6.45) is 4.76. The number of nitrogens with one attached hydrogen (secondary N) is 1. The molecule has 2 heterocycles. The first-order chi connectivity index (χ1) is 9.04. The predicted octanol–water partition coefficient (Wildman–Crippen LogP) is 2.42. The summed E-state index contributed by atoms with van der Waals surface area (Å²) in [6.45, 7) is 4.16. The predicted molar refractivity (Wildman–Crippen MR) is 76.0 cm³/mol. The third kappa shape index (κ3) is 2.82. The van der Waals surface area contributed by atoms with Crippen LogP contribution in [0, 0.1) is 0 Å². The summed E-state index contributed by atoms with van der Waals surface area (Å²) in [5.41, 5.74) is 2.89. The molecule has 19 heavy (non-hydrogen) atoms. The van der Waals surface area contributed by atoms with Gasteiger partial charge in [0.15, 0.2) is 5.82 Å². The van der Waals surface area contributed by atoms with Crippen LogP contribution in [0.1, 0.15) is 43.5 Å². The zero-order valence-electron chi connectivity index (χ0n) is 11.2. The van der Waals surface area contributed by atoms with Gasteiger partial charge in [0.25, 0.3) is 5.91 Å².